The normalized spacial score (nSPS) is 22.2. The Balaban J connectivity index is 1.87. The van der Waals surface area contributed by atoms with Gasteiger partial charge in [-0.25, -0.2) is 0 Å². The first-order chi connectivity index (χ1) is 11.3. The van der Waals surface area contributed by atoms with Crippen LogP contribution in [-0.4, -0.2) is 55.3 Å². The molecule has 1 N–H and O–H groups in total. The number of nitrogens with one attached hydrogen (secondary N) is 1. The maximum absolute atomic E-state index is 12.3. The second-order valence-corrected chi connectivity index (χ2v) is 7.28. The van der Waals surface area contributed by atoms with Gasteiger partial charge >= 0.3 is 0 Å². The molecule has 2 unspecified atom stereocenters. The van der Waals surface area contributed by atoms with Gasteiger partial charge in [0.2, 0.25) is 5.91 Å². The summed E-state index contributed by atoms with van der Waals surface area (Å²) in [6.45, 7) is 10.9. The highest BCUT2D eigenvalue weighted by Gasteiger charge is 2.33. The Morgan fingerprint density at radius 3 is 2.62 bits per heavy atom. The van der Waals surface area contributed by atoms with Gasteiger partial charge in [0.05, 0.1) is 25.7 Å². The first-order valence-corrected chi connectivity index (χ1v) is 8.60. The van der Waals surface area contributed by atoms with Crippen LogP contribution in [0.3, 0.4) is 0 Å². The minimum atomic E-state index is -0.101. The van der Waals surface area contributed by atoms with Gasteiger partial charge in [-0.15, -0.1) is 0 Å². The van der Waals surface area contributed by atoms with E-state index in [4.69, 9.17) is 9.47 Å². The standard InChI is InChI=1S/C19H30N2O3/c1-14-11-21(12-15(2)24-14)19(3,4)13-20-18(22)10-16-7-6-8-17(9-16)23-5/h6-9,14-15H,10-13H2,1-5H3,(H,20,22). The summed E-state index contributed by atoms with van der Waals surface area (Å²) < 4.78 is 11.0. The minimum Gasteiger partial charge on any atom is -0.497 e. The number of nitrogens with zero attached hydrogens (tertiary/aromatic N) is 1. The summed E-state index contributed by atoms with van der Waals surface area (Å²) in [5, 5.41) is 3.07. The van der Waals surface area contributed by atoms with Crippen molar-refractivity contribution in [3.05, 3.63) is 29.8 Å². The molecule has 5 heteroatoms. The zero-order valence-corrected chi connectivity index (χ0v) is 15.5. The van der Waals surface area contributed by atoms with Crippen molar-refractivity contribution >= 4 is 5.91 Å². The molecule has 0 aliphatic carbocycles. The van der Waals surface area contributed by atoms with E-state index in [1.54, 1.807) is 7.11 Å². The van der Waals surface area contributed by atoms with Gasteiger partial charge in [0.25, 0.3) is 0 Å². The van der Waals surface area contributed by atoms with Crippen molar-refractivity contribution in [1.29, 1.82) is 0 Å². The molecule has 1 aliphatic rings. The van der Waals surface area contributed by atoms with Crippen LogP contribution in [-0.2, 0) is 16.0 Å². The van der Waals surface area contributed by atoms with Gasteiger partial charge in [0.1, 0.15) is 5.75 Å². The smallest absolute Gasteiger partial charge is 0.224 e. The van der Waals surface area contributed by atoms with E-state index in [0.717, 1.165) is 24.4 Å². The van der Waals surface area contributed by atoms with Crippen LogP contribution in [0.5, 0.6) is 5.75 Å². The molecule has 0 bridgehead atoms. The maximum Gasteiger partial charge on any atom is 0.224 e. The highest BCUT2D eigenvalue weighted by Crippen LogP contribution is 2.20. The average molecular weight is 334 g/mol. The number of ether oxygens (including phenoxy) is 2. The van der Waals surface area contributed by atoms with Gasteiger partial charge < -0.3 is 14.8 Å². The zero-order chi connectivity index (χ0) is 17.7. The highest BCUT2D eigenvalue weighted by atomic mass is 16.5. The van der Waals surface area contributed by atoms with Gasteiger partial charge in [0.15, 0.2) is 0 Å². The fourth-order valence-corrected chi connectivity index (χ4v) is 3.13. The molecular formula is C19H30N2O3. The molecular weight excluding hydrogens is 304 g/mol. The zero-order valence-electron chi connectivity index (χ0n) is 15.5. The van der Waals surface area contributed by atoms with Gasteiger partial charge in [0, 0.05) is 25.2 Å². The van der Waals surface area contributed by atoms with E-state index in [0.29, 0.717) is 13.0 Å². The lowest BCUT2D eigenvalue weighted by Crippen LogP contribution is -2.58. The SMILES string of the molecule is COc1cccc(CC(=O)NCC(C)(C)N2CC(C)OC(C)C2)c1. The van der Waals surface area contributed by atoms with E-state index in [-0.39, 0.29) is 23.7 Å². The molecule has 1 fully saturated rings. The Kier molecular flexibility index (Phi) is 6.24. The topological polar surface area (TPSA) is 50.8 Å². The minimum absolute atomic E-state index is 0.0330. The lowest BCUT2D eigenvalue weighted by Gasteiger charge is -2.45. The second-order valence-electron chi connectivity index (χ2n) is 7.28. The van der Waals surface area contributed by atoms with E-state index >= 15 is 0 Å². The summed E-state index contributed by atoms with van der Waals surface area (Å²) in [5.74, 6) is 0.808. The predicted octanol–water partition coefficient (Wildman–Crippen LogP) is 2.24. The number of amides is 1. The summed E-state index contributed by atoms with van der Waals surface area (Å²) in [4.78, 5) is 14.7. The number of hydrogen-bond acceptors (Lipinski definition) is 4. The van der Waals surface area contributed by atoms with E-state index in [2.05, 4.69) is 37.9 Å². The van der Waals surface area contributed by atoms with E-state index in [1.165, 1.54) is 0 Å². The predicted molar refractivity (Wildman–Crippen MR) is 95.4 cm³/mol. The number of methoxy groups -OCH3 is 1. The molecule has 0 radical (unpaired) electrons. The molecule has 0 aromatic heterocycles. The highest BCUT2D eigenvalue weighted by molar-refractivity contribution is 5.78. The molecule has 1 saturated heterocycles. The number of rotatable bonds is 6. The van der Waals surface area contributed by atoms with Crippen LogP contribution in [0.25, 0.3) is 0 Å². The lowest BCUT2D eigenvalue weighted by atomic mass is 10.00. The molecule has 134 valence electrons. The largest absolute Gasteiger partial charge is 0.497 e. The Bertz CT molecular complexity index is 549. The number of hydrogen-bond donors (Lipinski definition) is 1. The van der Waals surface area contributed by atoms with Crippen LogP contribution in [0, 0.1) is 0 Å². The van der Waals surface area contributed by atoms with Crippen molar-refractivity contribution in [3.8, 4) is 5.75 Å². The van der Waals surface area contributed by atoms with Crippen LogP contribution < -0.4 is 10.1 Å². The van der Waals surface area contributed by atoms with Crippen molar-refractivity contribution in [2.75, 3.05) is 26.7 Å². The molecule has 2 rings (SSSR count). The molecule has 1 aliphatic heterocycles. The maximum atomic E-state index is 12.3. The van der Waals surface area contributed by atoms with Crippen LogP contribution in [0.1, 0.15) is 33.3 Å². The quantitative estimate of drug-likeness (QED) is 0.867. The summed E-state index contributed by atoms with van der Waals surface area (Å²) in [6.07, 6.45) is 0.810. The van der Waals surface area contributed by atoms with Crippen molar-refractivity contribution in [1.82, 2.24) is 10.2 Å². The average Bonchev–Trinajstić information content (AvgIpc) is 2.52. The summed E-state index contributed by atoms with van der Waals surface area (Å²) in [6, 6.07) is 7.63. The van der Waals surface area contributed by atoms with Crippen LogP contribution >= 0.6 is 0 Å². The summed E-state index contributed by atoms with van der Waals surface area (Å²) >= 11 is 0. The molecule has 1 aromatic rings. The van der Waals surface area contributed by atoms with Crippen molar-refractivity contribution < 1.29 is 14.3 Å². The first-order valence-electron chi connectivity index (χ1n) is 8.60. The Morgan fingerprint density at radius 2 is 2.00 bits per heavy atom. The monoisotopic (exact) mass is 334 g/mol. The molecule has 0 spiro atoms. The fraction of sp³-hybridized carbons (Fsp3) is 0.632. The molecule has 1 heterocycles. The third-order valence-electron chi connectivity index (χ3n) is 4.49. The molecule has 5 nitrogen and oxygen atoms in total. The second kappa shape index (κ2) is 7.99. The first kappa shape index (κ1) is 18.7. The summed E-state index contributed by atoms with van der Waals surface area (Å²) in [5.41, 5.74) is 0.856. The number of carbonyl (C=O) groups is 1. The van der Waals surface area contributed by atoms with E-state index in [9.17, 15) is 4.79 Å². The van der Waals surface area contributed by atoms with Gasteiger partial charge in [-0.2, -0.15) is 0 Å². The lowest BCUT2D eigenvalue weighted by molar-refractivity contribution is -0.122. The van der Waals surface area contributed by atoms with Crippen LogP contribution in [0.4, 0.5) is 0 Å². The summed E-state index contributed by atoms with van der Waals surface area (Å²) in [7, 11) is 1.63. The molecule has 1 aromatic carbocycles. The Morgan fingerprint density at radius 1 is 1.33 bits per heavy atom. The van der Waals surface area contributed by atoms with Gasteiger partial charge in [-0.05, 0) is 45.4 Å². The van der Waals surface area contributed by atoms with Crippen molar-refractivity contribution in [2.45, 2.75) is 51.9 Å². The third-order valence-corrected chi connectivity index (χ3v) is 4.49. The van der Waals surface area contributed by atoms with Gasteiger partial charge in [-0.3, -0.25) is 9.69 Å². The number of morpholine rings is 1. The van der Waals surface area contributed by atoms with E-state index < -0.39 is 0 Å². The molecule has 0 saturated carbocycles. The van der Waals surface area contributed by atoms with Crippen molar-refractivity contribution in [3.63, 3.8) is 0 Å². The molecule has 24 heavy (non-hydrogen) atoms. The van der Waals surface area contributed by atoms with Crippen molar-refractivity contribution in [2.24, 2.45) is 0 Å². The fourth-order valence-electron chi connectivity index (χ4n) is 3.13. The number of benzene rings is 1. The van der Waals surface area contributed by atoms with Gasteiger partial charge in [-0.1, -0.05) is 12.1 Å². The molecule has 1 amide bonds. The van der Waals surface area contributed by atoms with E-state index in [1.807, 2.05) is 24.3 Å². The number of carbonyl (C=O) groups excluding carboxylic acids is 1. The Hall–Kier alpha value is -1.59. The third kappa shape index (κ3) is 5.21. The van der Waals surface area contributed by atoms with Crippen LogP contribution in [0.15, 0.2) is 24.3 Å². The van der Waals surface area contributed by atoms with Crippen LogP contribution in [0.2, 0.25) is 0 Å². The Labute approximate surface area is 145 Å². The molecule has 2 atom stereocenters.